The molecule has 0 aliphatic carbocycles. The highest BCUT2D eigenvalue weighted by molar-refractivity contribution is 7.89. The molecule has 10 nitrogen and oxygen atoms in total. The Morgan fingerprint density at radius 3 is 2.54 bits per heavy atom. The van der Waals surface area contributed by atoms with Crippen molar-refractivity contribution in [3.8, 4) is 0 Å². The van der Waals surface area contributed by atoms with Crippen LogP contribution in [0.4, 0.5) is 11.4 Å². The quantitative estimate of drug-likeness (QED) is 0.405. The van der Waals surface area contributed by atoms with E-state index >= 15 is 0 Å². The summed E-state index contributed by atoms with van der Waals surface area (Å²) >= 11 is 5.72. The molecule has 0 aliphatic rings. The molecule has 2 aromatic rings. The second kappa shape index (κ2) is 8.33. The van der Waals surface area contributed by atoms with Crippen LogP contribution in [0.25, 0.3) is 0 Å². The fourth-order valence-electron chi connectivity index (χ4n) is 2.15. The lowest BCUT2D eigenvalue weighted by Gasteiger charge is -2.09. The number of sulfonamides is 1. The zero-order chi connectivity index (χ0) is 21.1. The molecule has 0 bridgehead atoms. The van der Waals surface area contributed by atoms with Gasteiger partial charge in [0.05, 0.1) is 15.5 Å². The van der Waals surface area contributed by atoms with Crippen molar-refractivity contribution in [2.45, 2.75) is 11.8 Å². The van der Waals surface area contributed by atoms with Gasteiger partial charge >= 0.3 is 5.97 Å². The number of anilines is 1. The standard InChI is InChI=1S/C16H14ClN3O7S/c1-9-2-5-12(13(6-9)20(23)24)19-15(21)8-27-16(22)10-3-4-11(17)14(7-10)28(18,25)26/h2-7H,8H2,1H3,(H,19,21)(H2,18,25,26). The van der Waals surface area contributed by atoms with Crippen LogP contribution in [-0.4, -0.2) is 31.8 Å². The lowest BCUT2D eigenvalue weighted by molar-refractivity contribution is -0.384. The number of esters is 1. The molecule has 0 aliphatic heterocycles. The van der Waals surface area contributed by atoms with Gasteiger partial charge in [-0.1, -0.05) is 17.7 Å². The Bertz CT molecular complexity index is 1070. The molecule has 148 valence electrons. The van der Waals surface area contributed by atoms with Gasteiger partial charge in [-0.05, 0) is 36.8 Å². The fraction of sp³-hybridized carbons (Fsp3) is 0.125. The number of hydrogen-bond acceptors (Lipinski definition) is 7. The van der Waals surface area contributed by atoms with Crippen molar-refractivity contribution in [1.82, 2.24) is 0 Å². The number of carbonyl (C=O) groups excluding carboxylic acids is 2. The highest BCUT2D eigenvalue weighted by atomic mass is 35.5. The van der Waals surface area contributed by atoms with Crippen molar-refractivity contribution in [3.05, 3.63) is 62.7 Å². The summed E-state index contributed by atoms with van der Waals surface area (Å²) in [6.45, 7) is 0.902. The molecule has 0 heterocycles. The zero-order valence-corrected chi connectivity index (χ0v) is 15.9. The van der Waals surface area contributed by atoms with Crippen LogP contribution >= 0.6 is 11.6 Å². The van der Waals surface area contributed by atoms with Crippen LogP contribution in [0.2, 0.25) is 5.02 Å². The van der Waals surface area contributed by atoms with E-state index in [2.05, 4.69) is 5.32 Å². The average Bonchev–Trinajstić information content (AvgIpc) is 2.60. The van der Waals surface area contributed by atoms with Gasteiger partial charge in [0.2, 0.25) is 10.0 Å². The maximum atomic E-state index is 12.0. The molecular weight excluding hydrogens is 414 g/mol. The van der Waals surface area contributed by atoms with Crippen molar-refractivity contribution >= 4 is 44.9 Å². The van der Waals surface area contributed by atoms with Crippen molar-refractivity contribution in [2.24, 2.45) is 5.14 Å². The summed E-state index contributed by atoms with van der Waals surface area (Å²) in [7, 11) is -4.16. The molecule has 1 amide bonds. The number of nitrogens with two attached hydrogens (primary N) is 1. The minimum absolute atomic E-state index is 0.0559. The predicted octanol–water partition coefficient (Wildman–Crippen LogP) is 2.00. The Kier molecular flexibility index (Phi) is 6.33. The van der Waals surface area contributed by atoms with Gasteiger partial charge in [0.15, 0.2) is 6.61 Å². The molecular formula is C16H14ClN3O7S. The smallest absolute Gasteiger partial charge is 0.338 e. The van der Waals surface area contributed by atoms with Gasteiger partial charge in [0, 0.05) is 6.07 Å². The first-order valence-electron chi connectivity index (χ1n) is 7.53. The van der Waals surface area contributed by atoms with Gasteiger partial charge in [0.1, 0.15) is 10.6 Å². The van der Waals surface area contributed by atoms with E-state index in [4.69, 9.17) is 21.5 Å². The van der Waals surface area contributed by atoms with Crippen molar-refractivity contribution in [1.29, 1.82) is 0 Å². The van der Waals surface area contributed by atoms with Crippen LogP contribution in [0, 0.1) is 17.0 Å². The fourth-order valence-corrected chi connectivity index (χ4v) is 3.22. The van der Waals surface area contributed by atoms with Gasteiger partial charge in [-0.2, -0.15) is 0 Å². The number of hydrogen-bond donors (Lipinski definition) is 2. The highest BCUT2D eigenvalue weighted by Gasteiger charge is 2.19. The minimum atomic E-state index is -4.16. The van der Waals surface area contributed by atoms with Gasteiger partial charge in [0.25, 0.3) is 11.6 Å². The SMILES string of the molecule is Cc1ccc(NC(=O)COC(=O)c2ccc(Cl)c(S(N)(=O)=O)c2)c([N+](=O)[O-])c1. The minimum Gasteiger partial charge on any atom is -0.452 e. The van der Waals surface area contributed by atoms with Gasteiger partial charge in [-0.25, -0.2) is 18.4 Å². The van der Waals surface area contributed by atoms with E-state index < -0.39 is 38.3 Å². The first-order valence-corrected chi connectivity index (χ1v) is 9.46. The van der Waals surface area contributed by atoms with Crippen LogP contribution < -0.4 is 10.5 Å². The molecule has 3 N–H and O–H groups in total. The molecule has 2 rings (SSSR count). The number of aryl methyl sites for hydroxylation is 1. The van der Waals surface area contributed by atoms with E-state index in [9.17, 15) is 28.1 Å². The molecule has 0 atom stereocenters. The van der Waals surface area contributed by atoms with Gasteiger partial charge in [-0.3, -0.25) is 14.9 Å². The monoisotopic (exact) mass is 427 g/mol. The van der Waals surface area contributed by atoms with Crippen LogP contribution in [-0.2, 0) is 19.6 Å². The summed E-state index contributed by atoms with van der Waals surface area (Å²) in [6.07, 6.45) is 0. The van der Waals surface area contributed by atoms with E-state index in [1.54, 1.807) is 13.0 Å². The summed E-state index contributed by atoms with van der Waals surface area (Å²) in [4.78, 5) is 33.9. The summed E-state index contributed by atoms with van der Waals surface area (Å²) in [5.74, 6) is -1.82. The third kappa shape index (κ3) is 5.25. The van der Waals surface area contributed by atoms with E-state index in [0.29, 0.717) is 5.56 Å². The molecule has 0 radical (unpaired) electrons. The number of benzene rings is 2. The third-order valence-corrected chi connectivity index (χ3v) is 4.82. The second-order valence-corrected chi connectivity index (χ2v) is 7.53. The van der Waals surface area contributed by atoms with Gasteiger partial charge < -0.3 is 10.1 Å². The van der Waals surface area contributed by atoms with Crippen LogP contribution in [0.1, 0.15) is 15.9 Å². The number of ether oxygens (including phenoxy) is 1. The average molecular weight is 428 g/mol. The topological polar surface area (TPSA) is 159 Å². The number of carbonyl (C=O) groups is 2. The number of nitrogens with zero attached hydrogens (tertiary/aromatic N) is 1. The number of nitro groups is 1. The van der Waals surface area contributed by atoms with E-state index in [-0.39, 0.29) is 22.0 Å². The van der Waals surface area contributed by atoms with Gasteiger partial charge in [-0.15, -0.1) is 0 Å². The van der Waals surface area contributed by atoms with Crippen molar-refractivity contribution in [3.63, 3.8) is 0 Å². The molecule has 28 heavy (non-hydrogen) atoms. The molecule has 0 unspecified atom stereocenters. The van der Waals surface area contributed by atoms with Crippen molar-refractivity contribution in [2.75, 3.05) is 11.9 Å². The zero-order valence-electron chi connectivity index (χ0n) is 14.3. The molecule has 12 heteroatoms. The summed E-state index contributed by atoms with van der Waals surface area (Å²) in [5, 5.41) is 18.1. The number of nitro benzene ring substituents is 1. The number of amides is 1. The number of halogens is 1. The van der Waals surface area contributed by atoms with E-state index in [1.807, 2.05) is 0 Å². The molecule has 0 aromatic heterocycles. The number of rotatable bonds is 6. The Hall–Kier alpha value is -3.02. The molecule has 0 fully saturated rings. The maximum Gasteiger partial charge on any atom is 0.338 e. The van der Waals surface area contributed by atoms with Crippen molar-refractivity contribution < 1.29 is 27.7 Å². The lowest BCUT2D eigenvalue weighted by Crippen LogP contribution is -2.21. The van der Waals surface area contributed by atoms with E-state index in [1.165, 1.54) is 18.2 Å². The Labute approximate surface area is 164 Å². The largest absolute Gasteiger partial charge is 0.452 e. The Morgan fingerprint density at radius 2 is 1.93 bits per heavy atom. The highest BCUT2D eigenvalue weighted by Crippen LogP contribution is 2.25. The molecule has 0 saturated carbocycles. The Balaban J connectivity index is 2.08. The van der Waals surface area contributed by atoms with Crippen LogP contribution in [0.3, 0.4) is 0 Å². The summed E-state index contributed by atoms with van der Waals surface area (Å²) in [6, 6.07) is 7.46. The number of primary sulfonamides is 1. The predicted molar refractivity (Wildman–Crippen MR) is 99.6 cm³/mol. The molecule has 2 aromatic carbocycles. The molecule has 0 spiro atoms. The summed E-state index contributed by atoms with van der Waals surface area (Å²) < 4.78 is 27.7. The second-order valence-electron chi connectivity index (χ2n) is 5.59. The normalized spacial score (nSPS) is 11.0. The first kappa shape index (κ1) is 21.3. The summed E-state index contributed by atoms with van der Waals surface area (Å²) in [5.41, 5.74) is 0.0712. The third-order valence-electron chi connectivity index (χ3n) is 3.43. The first-order chi connectivity index (χ1) is 13.0. The lowest BCUT2D eigenvalue weighted by atomic mass is 10.2. The Morgan fingerprint density at radius 1 is 1.25 bits per heavy atom. The van der Waals surface area contributed by atoms with E-state index in [0.717, 1.165) is 12.1 Å². The maximum absolute atomic E-state index is 12.0. The molecule has 0 saturated heterocycles. The van der Waals surface area contributed by atoms with Crippen LogP contribution in [0.15, 0.2) is 41.3 Å². The number of nitrogens with one attached hydrogen (secondary N) is 1. The van der Waals surface area contributed by atoms with Crippen LogP contribution in [0.5, 0.6) is 0 Å².